The Morgan fingerprint density at radius 1 is 0.974 bits per heavy atom. The van der Waals surface area contributed by atoms with Crippen molar-refractivity contribution < 1.29 is 4.42 Å². The zero-order valence-electron chi connectivity index (χ0n) is 20.0. The molecule has 1 atom stereocenters. The molecule has 0 radical (unpaired) electrons. The summed E-state index contributed by atoms with van der Waals surface area (Å²) in [4.78, 5) is 19.7. The van der Waals surface area contributed by atoms with Crippen LogP contribution in [-0.2, 0) is 6.42 Å². The van der Waals surface area contributed by atoms with Crippen molar-refractivity contribution in [2.24, 2.45) is 4.99 Å². The van der Waals surface area contributed by atoms with Crippen molar-refractivity contribution >= 4 is 50.6 Å². The van der Waals surface area contributed by atoms with E-state index in [1.165, 1.54) is 22.5 Å². The Hall–Kier alpha value is -3.45. The Morgan fingerprint density at radius 2 is 1.76 bits per heavy atom. The van der Waals surface area contributed by atoms with Gasteiger partial charge in [0.15, 0.2) is 4.80 Å². The van der Waals surface area contributed by atoms with Gasteiger partial charge in [-0.15, -0.1) is 0 Å². The standard InChI is InChI=1S/C31H20BrClN2O2S/c32-21-10-5-20(6-11-21)29-25-15-9-18-3-1-2-4-24(18)28(25)34-31-35(29)30(36)27(38-31)17-23-14-16-26(37-23)19-7-12-22(33)13-8-19/h1-8,10-14,16-17,29H,9,15H2/b27-17+/t29-/m0/s1. The lowest BCUT2D eigenvalue weighted by molar-refractivity contribution is 0.570. The molecule has 0 saturated carbocycles. The van der Waals surface area contributed by atoms with Gasteiger partial charge < -0.3 is 4.42 Å². The molecule has 0 bridgehead atoms. The lowest BCUT2D eigenvalue weighted by Crippen LogP contribution is -2.38. The van der Waals surface area contributed by atoms with Gasteiger partial charge in [-0.25, -0.2) is 4.99 Å². The van der Waals surface area contributed by atoms with E-state index in [9.17, 15) is 4.79 Å². The highest BCUT2D eigenvalue weighted by Gasteiger charge is 2.32. The van der Waals surface area contributed by atoms with Gasteiger partial charge in [-0.3, -0.25) is 9.36 Å². The largest absolute Gasteiger partial charge is 0.457 e. The molecule has 0 fully saturated rings. The van der Waals surface area contributed by atoms with E-state index in [0.717, 1.165) is 45.5 Å². The van der Waals surface area contributed by atoms with Crippen molar-refractivity contribution in [1.29, 1.82) is 0 Å². The molecule has 1 aliphatic carbocycles. The van der Waals surface area contributed by atoms with Crippen LogP contribution in [0.25, 0.3) is 23.1 Å². The number of halogens is 2. The van der Waals surface area contributed by atoms with Crippen LogP contribution >= 0.6 is 38.9 Å². The van der Waals surface area contributed by atoms with Gasteiger partial charge in [-0.1, -0.05) is 75.3 Å². The first-order chi connectivity index (χ1) is 18.5. The van der Waals surface area contributed by atoms with Crippen LogP contribution in [0.4, 0.5) is 0 Å². The summed E-state index contributed by atoms with van der Waals surface area (Å²) in [6.07, 6.45) is 3.61. The van der Waals surface area contributed by atoms with Gasteiger partial charge in [0, 0.05) is 26.7 Å². The number of benzene rings is 3. The number of aryl methyl sites for hydroxylation is 1. The number of thiazole rings is 1. The molecule has 2 aromatic heterocycles. The monoisotopic (exact) mass is 598 g/mol. The summed E-state index contributed by atoms with van der Waals surface area (Å²) in [5.74, 6) is 1.34. The molecular formula is C31H20BrClN2O2S. The van der Waals surface area contributed by atoms with Gasteiger partial charge in [0.25, 0.3) is 5.56 Å². The number of rotatable bonds is 3. The molecule has 0 amide bonds. The fourth-order valence-corrected chi connectivity index (χ4v) is 6.67. The molecule has 38 heavy (non-hydrogen) atoms. The van der Waals surface area contributed by atoms with E-state index in [4.69, 9.17) is 21.0 Å². The van der Waals surface area contributed by atoms with Crippen LogP contribution in [0, 0.1) is 0 Å². The summed E-state index contributed by atoms with van der Waals surface area (Å²) >= 11 is 11.0. The van der Waals surface area contributed by atoms with Crippen LogP contribution < -0.4 is 14.9 Å². The first-order valence-electron chi connectivity index (χ1n) is 12.3. The maximum Gasteiger partial charge on any atom is 0.271 e. The zero-order chi connectivity index (χ0) is 25.8. The molecule has 2 aliphatic rings. The SMILES string of the molecule is O=c1/c(=C\c2ccc(-c3ccc(Cl)cc3)o2)sc2n1[C@@H](c1ccc(Br)cc1)C1=C(N=2)c2ccccc2CC1. The Kier molecular flexibility index (Phi) is 5.84. The van der Waals surface area contributed by atoms with Crippen molar-refractivity contribution in [2.75, 3.05) is 0 Å². The average Bonchev–Trinajstić information content (AvgIpc) is 3.53. The lowest BCUT2D eigenvalue weighted by atomic mass is 9.83. The quantitative estimate of drug-likeness (QED) is 0.224. The maximum absolute atomic E-state index is 13.9. The van der Waals surface area contributed by atoms with Gasteiger partial charge in [-0.05, 0) is 78.1 Å². The minimum atomic E-state index is -0.203. The molecule has 3 aromatic carbocycles. The number of hydrogen-bond donors (Lipinski definition) is 0. The molecule has 186 valence electrons. The maximum atomic E-state index is 13.9. The zero-order valence-corrected chi connectivity index (χ0v) is 23.2. The first kappa shape index (κ1) is 23.7. The van der Waals surface area contributed by atoms with E-state index in [0.29, 0.717) is 20.1 Å². The predicted octanol–water partition coefficient (Wildman–Crippen LogP) is 6.99. The van der Waals surface area contributed by atoms with E-state index in [1.807, 2.05) is 59.2 Å². The highest BCUT2D eigenvalue weighted by Crippen LogP contribution is 2.41. The van der Waals surface area contributed by atoms with Crippen molar-refractivity contribution in [1.82, 2.24) is 4.57 Å². The topological polar surface area (TPSA) is 47.5 Å². The normalized spacial score (nSPS) is 16.6. The number of furan rings is 1. The van der Waals surface area contributed by atoms with Crippen molar-refractivity contribution in [3.8, 4) is 11.3 Å². The van der Waals surface area contributed by atoms with Gasteiger partial charge in [0.2, 0.25) is 0 Å². The second-order valence-corrected chi connectivity index (χ2v) is 11.7. The first-order valence-corrected chi connectivity index (χ1v) is 14.3. The third-order valence-corrected chi connectivity index (χ3v) is 8.85. The summed E-state index contributed by atoms with van der Waals surface area (Å²) in [6.45, 7) is 0. The van der Waals surface area contributed by atoms with Crippen LogP contribution in [0.15, 0.2) is 109 Å². The Morgan fingerprint density at radius 3 is 2.58 bits per heavy atom. The van der Waals surface area contributed by atoms with Gasteiger partial charge in [0.05, 0.1) is 16.3 Å². The van der Waals surface area contributed by atoms with E-state index in [1.54, 1.807) is 0 Å². The van der Waals surface area contributed by atoms with Crippen LogP contribution in [0.5, 0.6) is 0 Å². The lowest BCUT2D eigenvalue weighted by Gasteiger charge is -2.30. The van der Waals surface area contributed by atoms with E-state index in [2.05, 4.69) is 52.3 Å². The van der Waals surface area contributed by atoms with E-state index >= 15 is 0 Å². The smallest absolute Gasteiger partial charge is 0.271 e. The van der Waals surface area contributed by atoms with Crippen LogP contribution in [0.1, 0.15) is 34.9 Å². The van der Waals surface area contributed by atoms with Crippen molar-refractivity contribution in [2.45, 2.75) is 18.9 Å². The Labute approximate surface area is 236 Å². The molecule has 0 saturated heterocycles. The summed E-state index contributed by atoms with van der Waals surface area (Å²) in [7, 11) is 0. The minimum Gasteiger partial charge on any atom is -0.457 e. The number of allylic oxidation sites excluding steroid dienone is 1. The van der Waals surface area contributed by atoms with Gasteiger partial charge in [-0.2, -0.15) is 0 Å². The van der Waals surface area contributed by atoms with E-state index in [-0.39, 0.29) is 11.6 Å². The molecule has 0 N–H and O–H groups in total. The average molecular weight is 600 g/mol. The third kappa shape index (κ3) is 4.04. The predicted molar refractivity (Wildman–Crippen MR) is 156 cm³/mol. The van der Waals surface area contributed by atoms with Crippen LogP contribution in [-0.4, -0.2) is 4.57 Å². The number of nitrogens with zero attached hydrogens (tertiary/aromatic N) is 2. The van der Waals surface area contributed by atoms with Gasteiger partial charge >= 0.3 is 0 Å². The number of aromatic nitrogens is 1. The molecule has 0 spiro atoms. The molecule has 5 aromatic rings. The molecule has 4 nitrogen and oxygen atoms in total. The fraction of sp³-hybridized carbons (Fsp3) is 0.0968. The second-order valence-electron chi connectivity index (χ2n) is 9.37. The molecule has 7 rings (SSSR count). The summed E-state index contributed by atoms with van der Waals surface area (Å²) in [6, 6.07) is 27.8. The third-order valence-electron chi connectivity index (χ3n) is 7.09. The minimum absolute atomic E-state index is 0.0588. The van der Waals surface area contributed by atoms with Crippen LogP contribution in [0.3, 0.4) is 0 Å². The molecule has 7 heteroatoms. The highest BCUT2D eigenvalue weighted by molar-refractivity contribution is 9.10. The Bertz CT molecular complexity index is 1910. The fourth-order valence-electron chi connectivity index (χ4n) is 5.30. The molecule has 0 unspecified atom stereocenters. The summed E-state index contributed by atoms with van der Waals surface area (Å²) in [5.41, 5.74) is 6.59. The van der Waals surface area contributed by atoms with Crippen molar-refractivity contribution in [3.05, 3.63) is 142 Å². The highest BCUT2D eigenvalue weighted by atomic mass is 79.9. The van der Waals surface area contributed by atoms with Crippen molar-refractivity contribution in [3.63, 3.8) is 0 Å². The number of fused-ring (bicyclic) bond motifs is 3. The second kappa shape index (κ2) is 9.38. The van der Waals surface area contributed by atoms with Crippen LogP contribution in [0.2, 0.25) is 5.02 Å². The number of hydrogen-bond acceptors (Lipinski definition) is 4. The summed E-state index contributed by atoms with van der Waals surface area (Å²) in [5, 5.41) is 0.673. The van der Waals surface area contributed by atoms with Gasteiger partial charge in [0.1, 0.15) is 11.5 Å². The molecule has 3 heterocycles. The summed E-state index contributed by atoms with van der Waals surface area (Å²) < 4.78 is 9.54. The molecule has 1 aliphatic heterocycles. The Balaban J connectivity index is 1.39. The molecular weight excluding hydrogens is 580 g/mol. The van der Waals surface area contributed by atoms with E-state index < -0.39 is 0 Å².